The summed E-state index contributed by atoms with van der Waals surface area (Å²) >= 11 is 0. The molecule has 0 radical (unpaired) electrons. The highest BCUT2D eigenvalue weighted by Crippen LogP contribution is 2.27. The van der Waals surface area contributed by atoms with Crippen LogP contribution < -0.4 is 9.47 Å². The van der Waals surface area contributed by atoms with Crippen LogP contribution in [0.15, 0.2) is 54.6 Å². The van der Waals surface area contributed by atoms with Gasteiger partial charge in [-0.15, -0.1) is 0 Å². The Hall–Kier alpha value is -2.53. The van der Waals surface area contributed by atoms with Crippen LogP contribution in [0.2, 0.25) is 0 Å². The van der Waals surface area contributed by atoms with Gasteiger partial charge in [0.2, 0.25) is 0 Å². The van der Waals surface area contributed by atoms with Gasteiger partial charge in [-0.05, 0) is 24.6 Å². The molecule has 132 valence electrons. The molecule has 1 saturated heterocycles. The third-order valence-electron chi connectivity index (χ3n) is 4.09. The lowest BCUT2D eigenvalue weighted by molar-refractivity contribution is -0.141. The van der Waals surface area contributed by atoms with Crippen LogP contribution in [0.25, 0.3) is 0 Å². The number of nitrogens with zero attached hydrogens (tertiary/aromatic N) is 1. The summed E-state index contributed by atoms with van der Waals surface area (Å²) in [4.78, 5) is 14.3. The first kappa shape index (κ1) is 17.3. The first-order valence-electron chi connectivity index (χ1n) is 8.57. The lowest BCUT2D eigenvalue weighted by atomic mass is 10.1. The fourth-order valence-electron chi connectivity index (χ4n) is 2.82. The number of benzene rings is 2. The highest BCUT2D eigenvalue weighted by atomic mass is 16.5. The lowest BCUT2D eigenvalue weighted by Crippen LogP contribution is -2.44. The van der Waals surface area contributed by atoms with Gasteiger partial charge >= 0.3 is 0 Å². The van der Waals surface area contributed by atoms with Crippen molar-refractivity contribution in [1.29, 1.82) is 0 Å². The zero-order valence-corrected chi connectivity index (χ0v) is 14.4. The Bertz CT molecular complexity index is 689. The molecule has 0 aromatic heterocycles. The van der Waals surface area contributed by atoms with E-state index in [9.17, 15) is 4.79 Å². The second-order valence-corrected chi connectivity index (χ2v) is 5.78. The number of morpholine rings is 1. The van der Waals surface area contributed by atoms with Gasteiger partial charge < -0.3 is 19.1 Å². The van der Waals surface area contributed by atoms with Gasteiger partial charge in [-0.1, -0.05) is 42.5 Å². The summed E-state index contributed by atoms with van der Waals surface area (Å²) in [7, 11) is 0. The van der Waals surface area contributed by atoms with Gasteiger partial charge in [0.15, 0.2) is 18.1 Å². The molecule has 1 fully saturated rings. The maximum Gasteiger partial charge on any atom is 0.260 e. The molecule has 0 N–H and O–H groups in total. The van der Waals surface area contributed by atoms with E-state index in [1.165, 1.54) is 0 Å². The predicted molar refractivity (Wildman–Crippen MR) is 94.8 cm³/mol. The molecule has 1 aliphatic heterocycles. The lowest BCUT2D eigenvalue weighted by Gasteiger charge is -2.33. The number of hydrogen-bond donors (Lipinski definition) is 0. The van der Waals surface area contributed by atoms with Gasteiger partial charge in [-0.2, -0.15) is 0 Å². The number of ether oxygens (including phenoxy) is 3. The molecule has 5 nitrogen and oxygen atoms in total. The molecule has 0 saturated carbocycles. The molecule has 2 aromatic rings. The molecular formula is C20H23NO4. The Morgan fingerprint density at radius 3 is 2.48 bits per heavy atom. The van der Waals surface area contributed by atoms with Crippen LogP contribution in [0.5, 0.6) is 11.5 Å². The van der Waals surface area contributed by atoms with E-state index in [0.717, 1.165) is 5.56 Å². The number of hydrogen-bond acceptors (Lipinski definition) is 4. The van der Waals surface area contributed by atoms with Crippen LogP contribution in [0.4, 0.5) is 0 Å². The minimum Gasteiger partial charge on any atom is -0.490 e. The SMILES string of the molecule is CCOc1ccccc1OCC(=O)N1CCOC(c2ccccc2)C1. The third kappa shape index (κ3) is 4.51. The van der Waals surface area contributed by atoms with Gasteiger partial charge in [0.05, 0.1) is 19.8 Å². The average Bonchev–Trinajstić information content (AvgIpc) is 2.68. The number of carbonyl (C=O) groups excluding carboxylic acids is 1. The molecular weight excluding hydrogens is 318 g/mol. The summed E-state index contributed by atoms with van der Waals surface area (Å²) < 4.78 is 17.0. The van der Waals surface area contributed by atoms with Crippen molar-refractivity contribution in [1.82, 2.24) is 4.90 Å². The maximum absolute atomic E-state index is 12.5. The smallest absolute Gasteiger partial charge is 0.260 e. The van der Waals surface area contributed by atoms with E-state index in [1.807, 2.05) is 61.5 Å². The number of para-hydroxylation sites is 2. The Morgan fingerprint density at radius 2 is 1.76 bits per heavy atom. The van der Waals surface area contributed by atoms with Crippen molar-refractivity contribution in [2.75, 3.05) is 32.9 Å². The zero-order chi connectivity index (χ0) is 17.5. The normalized spacial score (nSPS) is 17.2. The molecule has 1 atom stereocenters. The highest BCUT2D eigenvalue weighted by molar-refractivity contribution is 5.78. The van der Waals surface area contributed by atoms with E-state index in [2.05, 4.69) is 0 Å². The second-order valence-electron chi connectivity index (χ2n) is 5.78. The summed E-state index contributed by atoms with van der Waals surface area (Å²) in [5.74, 6) is 1.20. The fourth-order valence-corrected chi connectivity index (χ4v) is 2.82. The van der Waals surface area contributed by atoms with Crippen molar-refractivity contribution in [2.45, 2.75) is 13.0 Å². The van der Waals surface area contributed by atoms with E-state index >= 15 is 0 Å². The summed E-state index contributed by atoms with van der Waals surface area (Å²) in [6, 6.07) is 17.4. The first-order valence-corrected chi connectivity index (χ1v) is 8.57. The van der Waals surface area contributed by atoms with Crippen molar-refractivity contribution < 1.29 is 19.0 Å². The number of carbonyl (C=O) groups is 1. The average molecular weight is 341 g/mol. The van der Waals surface area contributed by atoms with Crippen LogP contribution in [-0.2, 0) is 9.53 Å². The molecule has 2 aromatic carbocycles. The van der Waals surface area contributed by atoms with E-state index in [1.54, 1.807) is 4.90 Å². The van der Waals surface area contributed by atoms with Crippen molar-refractivity contribution >= 4 is 5.91 Å². The Morgan fingerprint density at radius 1 is 1.08 bits per heavy atom. The molecule has 0 bridgehead atoms. The van der Waals surface area contributed by atoms with Gasteiger partial charge in [-0.3, -0.25) is 4.79 Å². The first-order chi connectivity index (χ1) is 12.3. The monoisotopic (exact) mass is 341 g/mol. The summed E-state index contributed by atoms with van der Waals surface area (Å²) in [5, 5.41) is 0. The quantitative estimate of drug-likeness (QED) is 0.810. The van der Waals surface area contributed by atoms with E-state index < -0.39 is 0 Å². The zero-order valence-electron chi connectivity index (χ0n) is 14.4. The van der Waals surface area contributed by atoms with Crippen molar-refractivity contribution in [3.63, 3.8) is 0 Å². The molecule has 0 aliphatic carbocycles. The summed E-state index contributed by atoms with van der Waals surface area (Å²) in [5.41, 5.74) is 1.09. The van der Waals surface area contributed by atoms with Crippen LogP contribution in [0.3, 0.4) is 0 Å². The van der Waals surface area contributed by atoms with Crippen LogP contribution in [-0.4, -0.2) is 43.7 Å². The van der Waals surface area contributed by atoms with Crippen LogP contribution >= 0.6 is 0 Å². The predicted octanol–water partition coefficient (Wildman–Crippen LogP) is 3.06. The van der Waals surface area contributed by atoms with Gasteiger partial charge in [0.25, 0.3) is 5.91 Å². The van der Waals surface area contributed by atoms with Gasteiger partial charge in [0.1, 0.15) is 6.10 Å². The largest absolute Gasteiger partial charge is 0.490 e. The maximum atomic E-state index is 12.5. The molecule has 1 unspecified atom stereocenters. The fraction of sp³-hybridized carbons (Fsp3) is 0.350. The van der Waals surface area contributed by atoms with E-state index in [0.29, 0.717) is 37.8 Å². The number of rotatable bonds is 6. The van der Waals surface area contributed by atoms with E-state index in [-0.39, 0.29) is 18.6 Å². The van der Waals surface area contributed by atoms with Gasteiger partial charge in [-0.25, -0.2) is 0 Å². The van der Waals surface area contributed by atoms with E-state index in [4.69, 9.17) is 14.2 Å². The van der Waals surface area contributed by atoms with Gasteiger partial charge in [0, 0.05) is 6.54 Å². The molecule has 5 heteroatoms. The Kier molecular flexibility index (Phi) is 5.90. The van der Waals surface area contributed by atoms with Crippen molar-refractivity contribution in [2.24, 2.45) is 0 Å². The molecule has 0 spiro atoms. The molecule has 1 aliphatic rings. The number of amides is 1. The standard InChI is InChI=1S/C20H23NO4/c1-2-23-17-10-6-7-11-18(17)25-15-20(22)21-12-13-24-19(14-21)16-8-4-3-5-9-16/h3-11,19H,2,12-15H2,1H3. The molecule has 1 heterocycles. The van der Waals surface area contributed by atoms with Crippen molar-refractivity contribution in [3.05, 3.63) is 60.2 Å². The Labute approximate surface area is 148 Å². The third-order valence-corrected chi connectivity index (χ3v) is 4.09. The second kappa shape index (κ2) is 8.53. The minimum absolute atomic E-state index is 0.00834. The molecule has 1 amide bonds. The minimum atomic E-state index is -0.0883. The molecule has 25 heavy (non-hydrogen) atoms. The summed E-state index contributed by atoms with van der Waals surface area (Å²) in [6.07, 6.45) is -0.0883. The van der Waals surface area contributed by atoms with Crippen LogP contribution in [0, 0.1) is 0 Å². The van der Waals surface area contributed by atoms with Crippen LogP contribution in [0.1, 0.15) is 18.6 Å². The topological polar surface area (TPSA) is 48.0 Å². The Balaban J connectivity index is 1.58. The summed E-state index contributed by atoms with van der Waals surface area (Å²) in [6.45, 7) is 4.11. The highest BCUT2D eigenvalue weighted by Gasteiger charge is 2.25. The van der Waals surface area contributed by atoms with Crippen molar-refractivity contribution in [3.8, 4) is 11.5 Å². The molecule has 3 rings (SSSR count).